The molecule has 2 aromatic rings. The number of nitrogens with zero attached hydrogens (tertiary/aromatic N) is 5. The summed E-state index contributed by atoms with van der Waals surface area (Å²) in [6.07, 6.45) is 1.85. The van der Waals surface area contributed by atoms with Gasteiger partial charge in [0.1, 0.15) is 5.82 Å². The van der Waals surface area contributed by atoms with Gasteiger partial charge in [-0.25, -0.2) is 9.07 Å². The highest BCUT2D eigenvalue weighted by Gasteiger charge is 2.27. The number of rotatable bonds is 5. The molecular formula is C18H25ClFN5O. The second-order valence-electron chi connectivity index (χ2n) is 7.62. The van der Waals surface area contributed by atoms with E-state index in [-0.39, 0.29) is 5.02 Å². The van der Waals surface area contributed by atoms with Crippen molar-refractivity contribution in [2.75, 3.05) is 26.2 Å². The third kappa shape index (κ3) is 4.79. The van der Waals surface area contributed by atoms with Gasteiger partial charge in [0.05, 0.1) is 28.2 Å². The molecule has 8 heteroatoms. The average molecular weight is 382 g/mol. The summed E-state index contributed by atoms with van der Waals surface area (Å²) in [6, 6.07) is 4.84. The predicted molar refractivity (Wildman–Crippen MR) is 98.9 cm³/mol. The summed E-state index contributed by atoms with van der Waals surface area (Å²) in [5, 5.41) is 18.4. The van der Waals surface area contributed by atoms with Crippen molar-refractivity contribution < 1.29 is 9.50 Å². The maximum absolute atomic E-state index is 13.3. The van der Waals surface area contributed by atoms with E-state index in [4.69, 9.17) is 11.6 Å². The van der Waals surface area contributed by atoms with Crippen molar-refractivity contribution in [1.29, 1.82) is 0 Å². The molecule has 0 aliphatic carbocycles. The van der Waals surface area contributed by atoms with Crippen LogP contribution in [0.3, 0.4) is 0 Å². The summed E-state index contributed by atoms with van der Waals surface area (Å²) in [4.78, 5) is 4.64. The van der Waals surface area contributed by atoms with Gasteiger partial charge in [-0.3, -0.25) is 9.80 Å². The molecule has 1 saturated heterocycles. The Morgan fingerprint density at radius 2 is 2.12 bits per heavy atom. The van der Waals surface area contributed by atoms with Gasteiger partial charge in [0.2, 0.25) is 0 Å². The van der Waals surface area contributed by atoms with Gasteiger partial charge in [-0.1, -0.05) is 16.8 Å². The van der Waals surface area contributed by atoms with E-state index >= 15 is 0 Å². The zero-order chi connectivity index (χ0) is 18.9. The second-order valence-corrected chi connectivity index (χ2v) is 8.03. The van der Waals surface area contributed by atoms with Crippen molar-refractivity contribution >= 4 is 11.6 Å². The van der Waals surface area contributed by atoms with Crippen molar-refractivity contribution in [3.63, 3.8) is 0 Å². The Bertz CT molecular complexity index is 760. The molecule has 1 unspecified atom stereocenters. The molecule has 3 rings (SSSR count). The van der Waals surface area contributed by atoms with Gasteiger partial charge in [0.15, 0.2) is 0 Å². The van der Waals surface area contributed by atoms with Crippen molar-refractivity contribution in [3.05, 3.63) is 40.9 Å². The van der Waals surface area contributed by atoms with Gasteiger partial charge in [-0.15, -0.1) is 5.10 Å². The molecular weight excluding hydrogens is 357 g/mol. The van der Waals surface area contributed by atoms with Crippen LogP contribution in [0.25, 0.3) is 5.69 Å². The summed E-state index contributed by atoms with van der Waals surface area (Å²) in [5.41, 5.74) is 0.854. The molecule has 0 amide bonds. The SMILES string of the molecule is CC1CN(CC(C)(C)O)CCN1Cc1cn(-c2ccc(F)c(Cl)c2)nn1. The first kappa shape index (κ1) is 19.2. The minimum Gasteiger partial charge on any atom is -0.389 e. The molecule has 1 fully saturated rings. The van der Waals surface area contributed by atoms with E-state index in [0.29, 0.717) is 24.8 Å². The van der Waals surface area contributed by atoms with E-state index in [1.54, 1.807) is 10.7 Å². The summed E-state index contributed by atoms with van der Waals surface area (Å²) in [6.45, 7) is 9.96. The van der Waals surface area contributed by atoms with Crippen LogP contribution in [0, 0.1) is 5.82 Å². The summed E-state index contributed by atoms with van der Waals surface area (Å²) >= 11 is 5.84. The zero-order valence-corrected chi connectivity index (χ0v) is 16.1. The maximum atomic E-state index is 13.3. The van der Waals surface area contributed by atoms with Crippen molar-refractivity contribution in [3.8, 4) is 5.69 Å². The fourth-order valence-electron chi connectivity index (χ4n) is 3.33. The number of hydrogen-bond donors (Lipinski definition) is 1. The van der Waals surface area contributed by atoms with Crippen LogP contribution in [0.15, 0.2) is 24.4 Å². The first-order chi connectivity index (χ1) is 12.2. The minimum absolute atomic E-state index is 0.0658. The van der Waals surface area contributed by atoms with Crippen LogP contribution < -0.4 is 0 Å². The molecule has 1 aromatic heterocycles. The topological polar surface area (TPSA) is 57.4 Å². The fourth-order valence-corrected chi connectivity index (χ4v) is 3.50. The second kappa shape index (κ2) is 7.60. The largest absolute Gasteiger partial charge is 0.389 e. The van der Waals surface area contributed by atoms with Crippen LogP contribution in [-0.4, -0.2) is 67.7 Å². The molecule has 1 aromatic carbocycles. The number of hydrogen-bond acceptors (Lipinski definition) is 5. The molecule has 6 nitrogen and oxygen atoms in total. The highest BCUT2D eigenvalue weighted by Crippen LogP contribution is 2.19. The van der Waals surface area contributed by atoms with E-state index in [1.807, 2.05) is 20.0 Å². The Hall–Kier alpha value is -1.54. The lowest BCUT2D eigenvalue weighted by atomic mass is 10.1. The first-order valence-electron chi connectivity index (χ1n) is 8.77. The van der Waals surface area contributed by atoms with Gasteiger partial charge in [0.25, 0.3) is 0 Å². The van der Waals surface area contributed by atoms with Crippen LogP contribution in [-0.2, 0) is 6.54 Å². The minimum atomic E-state index is -0.680. The lowest BCUT2D eigenvalue weighted by Gasteiger charge is -2.41. The molecule has 0 bridgehead atoms. The maximum Gasteiger partial charge on any atom is 0.141 e. The molecule has 0 radical (unpaired) electrons. The summed E-state index contributed by atoms with van der Waals surface area (Å²) in [7, 11) is 0. The van der Waals surface area contributed by atoms with E-state index in [9.17, 15) is 9.50 Å². The highest BCUT2D eigenvalue weighted by molar-refractivity contribution is 6.30. The molecule has 1 aliphatic heterocycles. The first-order valence-corrected chi connectivity index (χ1v) is 9.14. The van der Waals surface area contributed by atoms with E-state index in [1.165, 1.54) is 12.1 Å². The summed E-state index contributed by atoms with van der Waals surface area (Å²) in [5.74, 6) is -0.450. The van der Waals surface area contributed by atoms with Crippen molar-refractivity contribution in [2.45, 2.75) is 39.0 Å². The molecule has 0 saturated carbocycles. The third-order valence-electron chi connectivity index (χ3n) is 4.53. The van der Waals surface area contributed by atoms with Crippen molar-refractivity contribution in [2.24, 2.45) is 0 Å². The molecule has 0 spiro atoms. The average Bonchev–Trinajstić information content (AvgIpc) is 3.00. The standard InChI is InChI=1S/C18H25ClFN5O/c1-13-9-23(12-18(2,3)26)6-7-24(13)10-14-11-25(22-21-14)15-4-5-17(20)16(19)8-15/h4-5,8,11,13,26H,6-7,9-10,12H2,1-3H3. The molecule has 1 atom stereocenters. The number of aliphatic hydroxyl groups is 1. The van der Waals surface area contributed by atoms with Crippen LogP contribution in [0.5, 0.6) is 0 Å². The van der Waals surface area contributed by atoms with E-state index in [0.717, 1.165) is 25.3 Å². The van der Waals surface area contributed by atoms with Crippen LogP contribution in [0.1, 0.15) is 26.5 Å². The fraction of sp³-hybridized carbons (Fsp3) is 0.556. The van der Waals surface area contributed by atoms with E-state index < -0.39 is 11.4 Å². The zero-order valence-electron chi connectivity index (χ0n) is 15.4. The van der Waals surface area contributed by atoms with Gasteiger partial charge in [0, 0.05) is 38.8 Å². The Labute approximate surface area is 158 Å². The summed E-state index contributed by atoms with van der Waals surface area (Å²) < 4.78 is 14.9. The molecule has 142 valence electrons. The quantitative estimate of drug-likeness (QED) is 0.861. The monoisotopic (exact) mass is 381 g/mol. The lowest BCUT2D eigenvalue weighted by molar-refractivity contribution is 0.00171. The molecule has 1 aliphatic rings. The number of aromatic nitrogens is 3. The predicted octanol–water partition coefficient (Wildman–Crippen LogP) is 2.34. The van der Waals surface area contributed by atoms with Crippen LogP contribution in [0.4, 0.5) is 4.39 Å². The Kier molecular flexibility index (Phi) is 5.62. The number of β-amino-alcohol motifs (C(OH)–C–C–N with tert-alkyl or cyclic N) is 1. The van der Waals surface area contributed by atoms with Crippen LogP contribution >= 0.6 is 11.6 Å². The Morgan fingerprint density at radius 3 is 2.77 bits per heavy atom. The lowest BCUT2D eigenvalue weighted by Crippen LogP contribution is -2.54. The normalized spacial score (nSPS) is 19.8. The van der Waals surface area contributed by atoms with Crippen molar-refractivity contribution in [1.82, 2.24) is 24.8 Å². The third-order valence-corrected chi connectivity index (χ3v) is 4.82. The number of halogens is 2. The molecule has 2 heterocycles. The van der Waals surface area contributed by atoms with Gasteiger partial charge in [-0.2, -0.15) is 0 Å². The van der Waals surface area contributed by atoms with Gasteiger partial charge >= 0.3 is 0 Å². The number of piperazine rings is 1. The van der Waals surface area contributed by atoms with Gasteiger partial charge < -0.3 is 5.11 Å². The Morgan fingerprint density at radius 1 is 1.35 bits per heavy atom. The number of benzene rings is 1. The van der Waals surface area contributed by atoms with Gasteiger partial charge in [-0.05, 0) is 39.0 Å². The highest BCUT2D eigenvalue weighted by atomic mass is 35.5. The molecule has 26 heavy (non-hydrogen) atoms. The Balaban J connectivity index is 1.62. The van der Waals surface area contributed by atoms with E-state index in [2.05, 4.69) is 27.0 Å². The molecule has 1 N–H and O–H groups in total. The van der Waals surface area contributed by atoms with Crippen LogP contribution in [0.2, 0.25) is 5.02 Å². The smallest absolute Gasteiger partial charge is 0.141 e.